The summed E-state index contributed by atoms with van der Waals surface area (Å²) in [6.45, 7) is 6.40. The number of rotatable bonds is 1. The zero-order chi connectivity index (χ0) is 13.3. The summed E-state index contributed by atoms with van der Waals surface area (Å²) in [7, 11) is 0. The molecule has 2 N–H and O–H groups in total. The van der Waals surface area contributed by atoms with Crippen molar-refractivity contribution < 1.29 is 0 Å². The molecule has 0 fully saturated rings. The number of hydrogen-bond donors (Lipinski definition) is 1. The van der Waals surface area contributed by atoms with Crippen molar-refractivity contribution in [1.82, 2.24) is 0 Å². The van der Waals surface area contributed by atoms with Crippen LogP contribution < -0.4 is 5.73 Å². The molecule has 1 aliphatic heterocycles. The molecule has 0 amide bonds. The Kier molecular flexibility index (Phi) is 3.74. The number of hydrogen-bond acceptors (Lipinski definition) is 3. The summed E-state index contributed by atoms with van der Waals surface area (Å²) in [5.74, 6) is 0. The summed E-state index contributed by atoms with van der Waals surface area (Å²) < 4.78 is 0. The normalized spacial score (nSPS) is 20.3. The minimum Gasteiger partial charge on any atom is -0.378 e. The van der Waals surface area contributed by atoms with E-state index in [1.165, 1.54) is 0 Å². The molecule has 1 heterocycles. The van der Waals surface area contributed by atoms with Gasteiger partial charge in [-0.3, -0.25) is 0 Å². The molecule has 0 saturated carbocycles. The van der Waals surface area contributed by atoms with E-state index < -0.39 is 0 Å². The first-order valence-electron chi connectivity index (χ1n) is 5.85. The van der Waals surface area contributed by atoms with Crippen LogP contribution in [0.15, 0.2) is 41.0 Å². The van der Waals surface area contributed by atoms with E-state index in [0.717, 1.165) is 16.3 Å². The zero-order valence-electron chi connectivity index (χ0n) is 10.8. The summed E-state index contributed by atoms with van der Waals surface area (Å²) in [5.41, 5.74) is 8.02. The van der Waals surface area contributed by atoms with Gasteiger partial charge in [-0.25, -0.2) is 4.99 Å². The summed E-state index contributed by atoms with van der Waals surface area (Å²) in [6, 6.07) is 7.87. The second-order valence-corrected chi connectivity index (χ2v) is 6.88. The standard InChI is InChI=1S/C14H17ClN2S/c1-14(2,3)12-8-11(18-13(16)17-12)9-6-4-5-7-10(9)15/h4-8,11H,1-3H3,(H2,16,17). The molecule has 18 heavy (non-hydrogen) atoms. The summed E-state index contributed by atoms with van der Waals surface area (Å²) in [5, 5.41) is 1.52. The van der Waals surface area contributed by atoms with Crippen molar-refractivity contribution in [2.75, 3.05) is 0 Å². The fourth-order valence-electron chi connectivity index (χ4n) is 1.77. The van der Waals surface area contributed by atoms with Crippen molar-refractivity contribution in [3.63, 3.8) is 0 Å². The fourth-order valence-corrected chi connectivity index (χ4v) is 3.03. The van der Waals surface area contributed by atoms with Crippen LogP contribution in [0.5, 0.6) is 0 Å². The average molecular weight is 281 g/mol. The van der Waals surface area contributed by atoms with E-state index in [-0.39, 0.29) is 10.7 Å². The molecule has 0 radical (unpaired) electrons. The van der Waals surface area contributed by atoms with Gasteiger partial charge in [0.1, 0.15) is 0 Å². The van der Waals surface area contributed by atoms with Gasteiger partial charge >= 0.3 is 0 Å². The van der Waals surface area contributed by atoms with Crippen molar-refractivity contribution in [2.45, 2.75) is 26.0 Å². The number of thioether (sulfide) groups is 1. The molecule has 1 unspecified atom stereocenters. The first kappa shape index (κ1) is 13.5. The molecule has 0 spiro atoms. The number of nitrogens with zero attached hydrogens (tertiary/aromatic N) is 1. The van der Waals surface area contributed by atoms with E-state index >= 15 is 0 Å². The molecule has 1 aromatic carbocycles. The largest absolute Gasteiger partial charge is 0.378 e. The first-order valence-corrected chi connectivity index (χ1v) is 7.11. The third kappa shape index (κ3) is 2.90. The van der Waals surface area contributed by atoms with Crippen LogP contribution >= 0.6 is 23.4 Å². The van der Waals surface area contributed by atoms with E-state index in [9.17, 15) is 0 Å². The molecule has 1 aliphatic rings. The van der Waals surface area contributed by atoms with Crippen LogP contribution in [-0.4, -0.2) is 5.17 Å². The lowest BCUT2D eigenvalue weighted by Gasteiger charge is -2.26. The molecule has 4 heteroatoms. The van der Waals surface area contributed by atoms with Gasteiger partial charge in [-0.15, -0.1) is 0 Å². The smallest absolute Gasteiger partial charge is 0.159 e. The van der Waals surface area contributed by atoms with Crippen LogP contribution in [0, 0.1) is 5.41 Å². The molecular weight excluding hydrogens is 264 g/mol. The van der Waals surface area contributed by atoms with E-state index in [4.69, 9.17) is 17.3 Å². The highest BCUT2D eigenvalue weighted by Gasteiger charge is 2.25. The number of amidine groups is 1. The lowest BCUT2D eigenvalue weighted by atomic mass is 9.91. The Bertz CT molecular complexity index is 515. The first-order chi connectivity index (χ1) is 8.38. The molecule has 0 bridgehead atoms. The predicted octanol–water partition coefficient (Wildman–Crippen LogP) is 4.37. The van der Waals surface area contributed by atoms with Gasteiger partial charge in [0.15, 0.2) is 5.17 Å². The minimum absolute atomic E-state index is 0.00882. The molecule has 0 aromatic heterocycles. The van der Waals surface area contributed by atoms with Crippen molar-refractivity contribution >= 4 is 28.5 Å². The molecule has 96 valence electrons. The molecule has 1 atom stereocenters. The van der Waals surface area contributed by atoms with Gasteiger partial charge in [0.05, 0.1) is 5.25 Å². The van der Waals surface area contributed by atoms with E-state index in [2.05, 4.69) is 31.8 Å². The van der Waals surface area contributed by atoms with Crippen molar-refractivity contribution in [3.8, 4) is 0 Å². The second-order valence-electron chi connectivity index (χ2n) is 5.31. The van der Waals surface area contributed by atoms with Crippen molar-refractivity contribution in [3.05, 3.63) is 46.6 Å². The van der Waals surface area contributed by atoms with Crippen LogP contribution in [0.2, 0.25) is 5.02 Å². The van der Waals surface area contributed by atoms with Gasteiger partial charge in [-0.1, -0.05) is 62.3 Å². The third-order valence-electron chi connectivity index (χ3n) is 2.77. The highest BCUT2D eigenvalue weighted by atomic mass is 35.5. The Morgan fingerprint density at radius 2 is 1.94 bits per heavy atom. The van der Waals surface area contributed by atoms with Gasteiger partial charge in [0.2, 0.25) is 0 Å². The lowest BCUT2D eigenvalue weighted by molar-refractivity contribution is 0.496. The molecule has 2 nitrogen and oxygen atoms in total. The minimum atomic E-state index is -0.00882. The molecular formula is C14H17ClN2S. The maximum absolute atomic E-state index is 6.24. The van der Waals surface area contributed by atoms with Crippen LogP contribution in [-0.2, 0) is 0 Å². The highest BCUT2D eigenvalue weighted by molar-refractivity contribution is 8.14. The fraction of sp³-hybridized carbons (Fsp3) is 0.357. The molecule has 1 aromatic rings. The summed E-state index contributed by atoms with van der Waals surface area (Å²) >= 11 is 7.78. The van der Waals surface area contributed by atoms with Crippen molar-refractivity contribution in [1.29, 1.82) is 0 Å². The number of benzene rings is 1. The maximum atomic E-state index is 6.24. The quantitative estimate of drug-likeness (QED) is 0.829. The van der Waals surface area contributed by atoms with E-state index in [1.54, 1.807) is 11.8 Å². The van der Waals surface area contributed by atoms with Gasteiger partial charge in [0, 0.05) is 16.1 Å². The monoisotopic (exact) mass is 280 g/mol. The van der Waals surface area contributed by atoms with Gasteiger partial charge in [-0.05, 0) is 17.7 Å². The number of allylic oxidation sites excluding steroid dienone is 1. The molecule has 2 rings (SSSR count). The summed E-state index contributed by atoms with van der Waals surface area (Å²) in [6.07, 6.45) is 2.15. The van der Waals surface area contributed by atoms with Crippen LogP contribution in [0.25, 0.3) is 0 Å². The lowest BCUT2D eigenvalue weighted by Crippen LogP contribution is -2.19. The van der Waals surface area contributed by atoms with Gasteiger partial charge in [0.25, 0.3) is 0 Å². The average Bonchev–Trinajstić information content (AvgIpc) is 2.27. The Hall–Kier alpha value is -0.930. The van der Waals surface area contributed by atoms with Gasteiger partial charge in [-0.2, -0.15) is 0 Å². The molecule has 0 saturated heterocycles. The SMILES string of the molecule is CC(C)(C)C1=CC(c2ccccc2Cl)SC(N)=N1. The van der Waals surface area contributed by atoms with Crippen LogP contribution in [0.4, 0.5) is 0 Å². The Labute approximate surface area is 117 Å². The van der Waals surface area contributed by atoms with E-state index in [1.807, 2.05) is 24.3 Å². The third-order valence-corrected chi connectivity index (χ3v) is 4.09. The number of nitrogens with two attached hydrogens (primary N) is 1. The zero-order valence-corrected chi connectivity index (χ0v) is 12.3. The molecule has 0 aliphatic carbocycles. The summed E-state index contributed by atoms with van der Waals surface area (Å²) in [4.78, 5) is 4.43. The Balaban J connectivity index is 2.40. The predicted molar refractivity (Wildman–Crippen MR) is 80.9 cm³/mol. The van der Waals surface area contributed by atoms with Crippen LogP contribution in [0.3, 0.4) is 0 Å². The topological polar surface area (TPSA) is 38.4 Å². The van der Waals surface area contributed by atoms with Crippen LogP contribution in [0.1, 0.15) is 31.6 Å². The maximum Gasteiger partial charge on any atom is 0.159 e. The Morgan fingerprint density at radius 3 is 2.56 bits per heavy atom. The van der Waals surface area contributed by atoms with Gasteiger partial charge < -0.3 is 5.73 Å². The number of aliphatic imine (C=N–C) groups is 1. The van der Waals surface area contributed by atoms with Crippen molar-refractivity contribution in [2.24, 2.45) is 16.1 Å². The number of halogens is 1. The Morgan fingerprint density at radius 1 is 1.28 bits per heavy atom. The second kappa shape index (κ2) is 4.98. The highest BCUT2D eigenvalue weighted by Crippen LogP contribution is 2.41. The van der Waals surface area contributed by atoms with E-state index in [0.29, 0.717) is 5.17 Å².